The molecule has 0 amide bonds. The molecule has 0 aliphatic carbocycles. The molecule has 0 saturated carbocycles. The lowest BCUT2D eigenvalue weighted by Crippen LogP contribution is -2.08. The van der Waals surface area contributed by atoms with Gasteiger partial charge in [-0.1, -0.05) is 12.1 Å². The lowest BCUT2D eigenvalue weighted by atomic mass is 10.2. The minimum absolute atomic E-state index is 0. The number of aromatic nitrogens is 1. The Balaban J connectivity index is 0.00000121. The SMILES string of the molecule is C=C[C@@H](N)c1cccc(C)n1.Cl. The highest BCUT2D eigenvalue weighted by atomic mass is 35.5. The van der Waals surface area contributed by atoms with Gasteiger partial charge in [0.1, 0.15) is 0 Å². The Morgan fingerprint density at radius 1 is 1.58 bits per heavy atom. The van der Waals surface area contributed by atoms with Crippen molar-refractivity contribution in [2.45, 2.75) is 13.0 Å². The summed E-state index contributed by atoms with van der Waals surface area (Å²) in [5.74, 6) is 0. The second-order valence-electron chi connectivity index (χ2n) is 2.47. The summed E-state index contributed by atoms with van der Waals surface area (Å²) in [5.41, 5.74) is 7.54. The number of halogens is 1. The van der Waals surface area contributed by atoms with Gasteiger partial charge in [-0.2, -0.15) is 0 Å². The van der Waals surface area contributed by atoms with Gasteiger partial charge >= 0.3 is 0 Å². The van der Waals surface area contributed by atoms with Crippen LogP contribution in [0.3, 0.4) is 0 Å². The quantitative estimate of drug-likeness (QED) is 0.715. The summed E-state index contributed by atoms with van der Waals surface area (Å²) in [6.45, 7) is 5.55. The first-order valence-electron chi connectivity index (χ1n) is 3.55. The Kier molecular flexibility index (Phi) is 4.55. The lowest BCUT2D eigenvalue weighted by molar-refractivity contribution is 0.855. The predicted molar refractivity (Wildman–Crippen MR) is 53.3 cm³/mol. The first-order chi connectivity index (χ1) is 5.24. The van der Waals surface area contributed by atoms with Crippen molar-refractivity contribution in [1.82, 2.24) is 4.98 Å². The molecule has 3 heteroatoms. The average Bonchev–Trinajstić information content (AvgIpc) is 2.03. The van der Waals surface area contributed by atoms with Gasteiger partial charge in [0.05, 0.1) is 11.7 Å². The largest absolute Gasteiger partial charge is 0.319 e. The van der Waals surface area contributed by atoms with Gasteiger partial charge in [0.15, 0.2) is 0 Å². The molecule has 0 radical (unpaired) electrons. The zero-order valence-corrected chi connectivity index (χ0v) is 7.84. The summed E-state index contributed by atoms with van der Waals surface area (Å²) >= 11 is 0. The molecule has 0 aliphatic rings. The molecule has 1 atom stereocenters. The van der Waals surface area contributed by atoms with Crippen LogP contribution in [0.2, 0.25) is 0 Å². The fourth-order valence-corrected chi connectivity index (χ4v) is 0.871. The molecule has 2 N–H and O–H groups in total. The topological polar surface area (TPSA) is 38.9 Å². The van der Waals surface area contributed by atoms with E-state index in [4.69, 9.17) is 5.73 Å². The van der Waals surface area contributed by atoms with E-state index in [1.54, 1.807) is 6.08 Å². The van der Waals surface area contributed by atoms with Crippen LogP contribution in [0.25, 0.3) is 0 Å². The third kappa shape index (κ3) is 2.64. The molecule has 2 nitrogen and oxygen atoms in total. The minimum Gasteiger partial charge on any atom is -0.319 e. The van der Waals surface area contributed by atoms with Crippen LogP contribution < -0.4 is 5.73 Å². The molecular formula is C9H13ClN2. The third-order valence-corrected chi connectivity index (χ3v) is 1.51. The van der Waals surface area contributed by atoms with Gasteiger partial charge in [-0.05, 0) is 19.1 Å². The van der Waals surface area contributed by atoms with E-state index in [-0.39, 0.29) is 18.4 Å². The highest BCUT2D eigenvalue weighted by Gasteiger charge is 2.00. The van der Waals surface area contributed by atoms with Gasteiger partial charge < -0.3 is 5.73 Å². The Bertz CT molecular complexity index is 260. The molecule has 66 valence electrons. The fourth-order valence-electron chi connectivity index (χ4n) is 0.871. The van der Waals surface area contributed by atoms with E-state index in [2.05, 4.69) is 11.6 Å². The normalized spacial score (nSPS) is 11.5. The third-order valence-electron chi connectivity index (χ3n) is 1.51. The summed E-state index contributed by atoms with van der Waals surface area (Å²) in [6.07, 6.45) is 1.68. The molecule has 12 heavy (non-hydrogen) atoms. The summed E-state index contributed by atoms with van der Waals surface area (Å²) < 4.78 is 0. The lowest BCUT2D eigenvalue weighted by Gasteiger charge is -2.04. The van der Waals surface area contributed by atoms with Gasteiger partial charge in [0, 0.05) is 5.69 Å². The Hall–Kier alpha value is -0.860. The Labute approximate surface area is 78.9 Å². The van der Waals surface area contributed by atoms with Crippen LogP contribution in [0.15, 0.2) is 30.9 Å². The number of nitrogens with zero attached hydrogens (tertiary/aromatic N) is 1. The smallest absolute Gasteiger partial charge is 0.0653 e. The molecule has 1 aromatic heterocycles. The summed E-state index contributed by atoms with van der Waals surface area (Å²) in [7, 11) is 0. The second kappa shape index (κ2) is 4.91. The van der Waals surface area contributed by atoms with E-state index in [1.165, 1.54) is 0 Å². The number of hydrogen-bond donors (Lipinski definition) is 1. The van der Waals surface area contributed by atoms with E-state index in [0.717, 1.165) is 11.4 Å². The van der Waals surface area contributed by atoms with Crippen LogP contribution in [0, 0.1) is 6.92 Å². The minimum atomic E-state index is -0.144. The molecule has 0 spiro atoms. The van der Waals surface area contributed by atoms with Crippen molar-refractivity contribution in [3.63, 3.8) is 0 Å². The fraction of sp³-hybridized carbons (Fsp3) is 0.222. The van der Waals surface area contributed by atoms with Gasteiger partial charge in [0.25, 0.3) is 0 Å². The Morgan fingerprint density at radius 3 is 2.75 bits per heavy atom. The van der Waals surface area contributed by atoms with Crippen molar-refractivity contribution < 1.29 is 0 Å². The summed E-state index contributed by atoms with van der Waals surface area (Å²) in [6, 6.07) is 5.65. The molecular weight excluding hydrogens is 172 g/mol. The highest BCUT2D eigenvalue weighted by molar-refractivity contribution is 5.85. The van der Waals surface area contributed by atoms with E-state index in [9.17, 15) is 0 Å². The first-order valence-corrected chi connectivity index (χ1v) is 3.55. The van der Waals surface area contributed by atoms with Crippen LogP contribution in [0.5, 0.6) is 0 Å². The zero-order valence-electron chi connectivity index (χ0n) is 7.03. The van der Waals surface area contributed by atoms with Crippen molar-refractivity contribution in [1.29, 1.82) is 0 Å². The zero-order chi connectivity index (χ0) is 8.27. The monoisotopic (exact) mass is 184 g/mol. The molecule has 0 saturated heterocycles. The molecule has 0 bridgehead atoms. The predicted octanol–water partition coefficient (Wildman–Crippen LogP) is 2.00. The summed E-state index contributed by atoms with van der Waals surface area (Å²) in [4.78, 5) is 4.25. The highest BCUT2D eigenvalue weighted by Crippen LogP contribution is 2.07. The number of pyridine rings is 1. The number of aryl methyl sites for hydroxylation is 1. The molecule has 1 rings (SSSR count). The molecule has 1 aromatic rings. The van der Waals surface area contributed by atoms with E-state index < -0.39 is 0 Å². The van der Waals surface area contributed by atoms with Crippen LogP contribution in [0.1, 0.15) is 17.4 Å². The van der Waals surface area contributed by atoms with Crippen molar-refractivity contribution in [2.24, 2.45) is 5.73 Å². The van der Waals surface area contributed by atoms with Gasteiger partial charge in [-0.3, -0.25) is 4.98 Å². The number of hydrogen-bond acceptors (Lipinski definition) is 2. The number of nitrogens with two attached hydrogens (primary N) is 1. The maximum Gasteiger partial charge on any atom is 0.0653 e. The number of rotatable bonds is 2. The standard InChI is InChI=1S/C9H12N2.ClH/c1-3-8(10)9-6-4-5-7(2)11-9;/h3-6,8H,1,10H2,2H3;1H/t8-;/m1./s1. The van der Waals surface area contributed by atoms with Crippen molar-refractivity contribution in [2.75, 3.05) is 0 Å². The van der Waals surface area contributed by atoms with Gasteiger partial charge in [-0.25, -0.2) is 0 Å². The first kappa shape index (κ1) is 11.1. The molecule has 1 heterocycles. The molecule has 0 aliphatic heterocycles. The van der Waals surface area contributed by atoms with E-state index in [1.807, 2.05) is 25.1 Å². The maximum absolute atomic E-state index is 5.68. The van der Waals surface area contributed by atoms with Crippen LogP contribution in [-0.4, -0.2) is 4.98 Å². The van der Waals surface area contributed by atoms with E-state index in [0.29, 0.717) is 0 Å². The summed E-state index contributed by atoms with van der Waals surface area (Å²) in [5, 5.41) is 0. The van der Waals surface area contributed by atoms with Gasteiger partial charge in [0.2, 0.25) is 0 Å². The van der Waals surface area contributed by atoms with Crippen molar-refractivity contribution in [3.05, 3.63) is 42.2 Å². The Morgan fingerprint density at radius 2 is 2.25 bits per heavy atom. The second-order valence-corrected chi connectivity index (χ2v) is 2.47. The van der Waals surface area contributed by atoms with Crippen molar-refractivity contribution in [3.8, 4) is 0 Å². The molecule has 0 aromatic carbocycles. The van der Waals surface area contributed by atoms with Crippen LogP contribution >= 0.6 is 12.4 Å². The molecule has 0 fully saturated rings. The van der Waals surface area contributed by atoms with Crippen molar-refractivity contribution >= 4 is 12.4 Å². The van der Waals surface area contributed by atoms with Crippen LogP contribution in [-0.2, 0) is 0 Å². The average molecular weight is 185 g/mol. The van der Waals surface area contributed by atoms with Crippen LogP contribution in [0.4, 0.5) is 0 Å². The molecule has 0 unspecified atom stereocenters. The van der Waals surface area contributed by atoms with Gasteiger partial charge in [-0.15, -0.1) is 19.0 Å². The maximum atomic E-state index is 5.68. The van der Waals surface area contributed by atoms with E-state index >= 15 is 0 Å².